The van der Waals surface area contributed by atoms with Crippen LogP contribution in [0.4, 0.5) is 5.00 Å². The lowest BCUT2D eigenvalue weighted by Gasteiger charge is -2.08. The van der Waals surface area contributed by atoms with Crippen LogP contribution >= 0.6 is 11.3 Å². The third-order valence-corrected chi connectivity index (χ3v) is 7.71. The van der Waals surface area contributed by atoms with Crippen LogP contribution in [-0.4, -0.2) is 36.1 Å². The van der Waals surface area contributed by atoms with Crippen LogP contribution in [0.25, 0.3) is 0 Å². The van der Waals surface area contributed by atoms with Gasteiger partial charge < -0.3 is 14.8 Å². The molecule has 2 N–H and O–H groups in total. The molecule has 10 heteroatoms. The van der Waals surface area contributed by atoms with E-state index in [0.717, 1.165) is 48.1 Å². The smallest absolute Gasteiger partial charge is 0.343 e. The number of esters is 2. The molecule has 0 bridgehead atoms. The van der Waals surface area contributed by atoms with Gasteiger partial charge in [-0.15, -0.1) is 11.3 Å². The van der Waals surface area contributed by atoms with Crippen molar-refractivity contribution in [1.29, 1.82) is 0 Å². The van der Waals surface area contributed by atoms with Gasteiger partial charge >= 0.3 is 23.8 Å². The van der Waals surface area contributed by atoms with Crippen molar-refractivity contribution < 1.29 is 28.7 Å². The summed E-state index contributed by atoms with van der Waals surface area (Å²) in [7, 11) is 0. The van der Waals surface area contributed by atoms with Crippen LogP contribution in [0.5, 0.6) is 5.75 Å². The van der Waals surface area contributed by atoms with Crippen LogP contribution in [-0.2, 0) is 27.2 Å². The van der Waals surface area contributed by atoms with Gasteiger partial charge in [0.1, 0.15) is 10.8 Å². The number of ether oxygens (including phenoxy) is 2. The average Bonchev–Trinajstić information content (AvgIpc) is 3.12. The number of benzene rings is 2. The van der Waals surface area contributed by atoms with Crippen molar-refractivity contribution in [2.24, 2.45) is 5.10 Å². The second-order valence-corrected chi connectivity index (χ2v) is 10.4. The molecule has 0 radical (unpaired) electrons. The first-order valence-corrected chi connectivity index (χ1v) is 14.0. The molecule has 2 aromatic carbocycles. The standard InChI is InChI=1S/C30H31N3O6S/c1-4-38-30(37)25-23-12-6-5-7-13-24(23)40-28(25)31-26(34)27(35)33-32-19(3)20-14-16-21(17-15-20)39-29(36)22-11-9-8-10-18(22)2/h8-11,14-17H,4-7,12-13H2,1-3H3,(H,31,34)(H,33,35). The van der Waals surface area contributed by atoms with Gasteiger partial charge in [0.05, 0.1) is 23.4 Å². The topological polar surface area (TPSA) is 123 Å². The number of anilines is 1. The SMILES string of the molecule is CCOC(=O)c1c(NC(=O)C(=O)NN=C(C)c2ccc(OC(=O)c3ccccc3C)cc2)sc2c1CCCCC2. The molecule has 1 aromatic heterocycles. The second kappa shape index (κ2) is 13.2. The van der Waals surface area contributed by atoms with Crippen LogP contribution in [0, 0.1) is 6.92 Å². The van der Waals surface area contributed by atoms with Gasteiger partial charge in [-0.3, -0.25) is 9.59 Å². The molecule has 0 saturated heterocycles. The number of hydrogen-bond donors (Lipinski definition) is 2. The monoisotopic (exact) mass is 561 g/mol. The Hall–Kier alpha value is -4.31. The summed E-state index contributed by atoms with van der Waals surface area (Å²) in [5.41, 5.74) is 5.90. The third kappa shape index (κ3) is 6.81. The maximum Gasteiger partial charge on any atom is 0.343 e. The Kier molecular flexibility index (Phi) is 9.44. The zero-order chi connectivity index (χ0) is 28.6. The number of carbonyl (C=O) groups is 4. The van der Waals surface area contributed by atoms with Crippen molar-refractivity contribution in [3.8, 4) is 5.75 Å². The summed E-state index contributed by atoms with van der Waals surface area (Å²) in [6.07, 6.45) is 4.59. The van der Waals surface area contributed by atoms with Gasteiger partial charge in [-0.1, -0.05) is 24.6 Å². The van der Waals surface area contributed by atoms with E-state index in [9.17, 15) is 19.2 Å². The summed E-state index contributed by atoms with van der Waals surface area (Å²) in [6, 6.07) is 13.8. The van der Waals surface area contributed by atoms with Crippen molar-refractivity contribution in [2.45, 2.75) is 52.9 Å². The van der Waals surface area contributed by atoms with E-state index in [0.29, 0.717) is 33.2 Å². The molecule has 0 atom stereocenters. The first-order chi connectivity index (χ1) is 19.3. The first-order valence-electron chi connectivity index (χ1n) is 13.1. The highest BCUT2D eigenvalue weighted by atomic mass is 32.1. The summed E-state index contributed by atoms with van der Waals surface area (Å²) in [5, 5.41) is 6.94. The largest absolute Gasteiger partial charge is 0.462 e. The van der Waals surface area contributed by atoms with E-state index in [-0.39, 0.29) is 6.61 Å². The zero-order valence-corrected chi connectivity index (χ0v) is 23.5. The molecule has 4 rings (SSSR count). The number of aryl methyl sites for hydroxylation is 2. The Morgan fingerprint density at radius 1 is 0.925 bits per heavy atom. The van der Waals surface area contributed by atoms with Crippen LogP contribution in [0.2, 0.25) is 0 Å². The number of hydrogen-bond acceptors (Lipinski definition) is 8. The molecule has 208 valence electrons. The van der Waals surface area contributed by atoms with Gasteiger partial charge in [-0.25, -0.2) is 15.0 Å². The van der Waals surface area contributed by atoms with Crippen LogP contribution in [0.15, 0.2) is 53.6 Å². The highest BCUT2D eigenvalue weighted by Gasteiger charge is 2.28. The summed E-state index contributed by atoms with van der Waals surface area (Å²) in [4.78, 5) is 51.4. The molecule has 0 unspecified atom stereocenters. The Morgan fingerprint density at radius 3 is 2.38 bits per heavy atom. The number of hydrazone groups is 1. The minimum atomic E-state index is -0.971. The average molecular weight is 562 g/mol. The van der Waals surface area contributed by atoms with Gasteiger partial charge in [0.15, 0.2) is 0 Å². The number of fused-ring (bicyclic) bond motifs is 1. The molecule has 0 fully saturated rings. The molecule has 1 aliphatic carbocycles. The lowest BCUT2D eigenvalue weighted by molar-refractivity contribution is -0.136. The fourth-order valence-corrected chi connectivity index (χ4v) is 5.66. The Bertz CT molecular complexity index is 1460. The molecule has 3 aromatic rings. The lowest BCUT2D eigenvalue weighted by Crippen LogP contribution is -2.33. The van der Waals surface area contributed by atoms with E-state index in [4.69, 9.17) is 9.47 Å². The van der Waals surface area contributed by atoms with Crippen LogP contribution in [0.1, 0.15) is 75.4 Å². The highest BCUT2D eigenvalue weighted by molar-refractivity contribution is 7.17. The fourth-order valence-electron chi connectivity index (χ4n) is 4.39. The molecule has 0 spiro atoms. The second-order valence-electron chi connectivity index (χ2n) is 9.31. The predicted molar refractivity (Wildman–Crippen MR) is 153 cm³/mol. The summed E-state index contributed by atoms with van der Waals surface area (Å²) in [6.45, 7) is 5.44. The number of nitrogens with one attached hydrogen (secondary N) is 2. The maximum absolute atomic E-state index is 12.7. The number of carbonyl (C=O) groups excluding carboxylic acids is 4. The van der Waals surface area contributed by atoms with E-state index in [1.165, 1.54) is 11.3 Å². The molecule has 9 nitrogen and oxygen atoms in total. The Balaban J connectivity index is 1.39. The van der Waals surface area contributed by atoms with E-state index in [1.54, 1.807) is 50.2 Å². The van der Waals surface area contributed by atoms with Gasteiger partial charge in [0.2, 0.25) is 0 Å². The van der Waals surface area contributed by atoms with Crippen molar-refractivity contribution in [2.75, 3.05) is 11.9 Å². The van der Waals surface area contributed by atoms with Crippen LogP contribution in [0.3, 0.4) is 0 Å². The summed E-state index contributed by atoms with van der Waals surface area (Å²) < 4.78 is 10.7. The fraction of sp³-hybridized carbons (Fsp3) is 0.300. The lowest BCUT2D eigenvalue weighted by atomic mass is 10.1. The molecule has 1 heterocycles. The van der Waals surface area contributed by atoms with Crippen molar-refractivity contribution in [3.63, 3.8) is 0 Å². The molecule has 1 aliphatic rings. The molecule has 0 aliphatic heterocycles. The molecule has 40 heavy (non-hydrogen) atoms. The van der Waals surface area contributed by atoms with Gasteiger partial charge in [0, 0.05) is 4.88 Å². The maximum atomic E-state index is 12.7. The molecular formula is C30H31N3O6S. The van der Waals surface area contributed by atoms with Crippen molar-refractivity contribution in [3.05, 3.63) is 81.2 Å². The van der Waals surface area contributed by atoms with Crippen molar-refractivity contribution in [1.82, 2.24) is 5.43 Å². The number of nitrogens with zero attached hydrogens (tertiary/aromatic N) is 1. The number of amides is 2. The summed E-state index contributed by atoms with van der Waals surface area (Å²) in [5.74, 6) is -2.50. The molecule has 2 amide bonds. The highest BCUT2D eigenvalue weighted by Crippen LogP contribution is 2.38. The minimum absolute atomic E-state index is 0.210. The van der Waals surface area contributed by atoms with Crippen molar-refractivity contribution >= 4 is 45.8 Å². The summed E-state index contributed by atoms with van der Waals surface area (Å²) >= 11 is 1.32. The zero-order valence-electron chi connectivity index (χ0n) is 22.7. The number of rotatable bonds is 7. The van der Waals surface area contributed by atoms with E-state index in [1.807, 2.05) is 19.1 Å². The Morgan fingerprint density at radius 2 is 1.65 bits per heavy atom. The molecule has 0 saturated carbocycles. The quantitative estimate of drug-likeness (QED) is 0.102. The van der Waals surface area contributed by atoms with E-state index in [2.05, 4.69) is 15.8 Å². The van der Waals surface area contributed by atoms with Crippen LogP contribution < -0.4 is 15.5 Å². The third-order valence-electron chi connectivity index (χ3n) is 6.51. The first kappa shape index (κ1) is 28.7. The van der Waals surface area contributed by atoms with Gasteiger partial charge in [0.25, 0.3) is 0 Å². The Labute approximate surface area is 236 Å². The predicted octanol–water partition coefficient (Wildman–Crippen LogP) is 5.20. The van der Waals surface area contributed by atoms with Gasteiger partial charge in [-0.2, -0.15) is 5.10 Å². The normalized spacial score (nSPS) is 13.0. The van der Waals surface area contributed by atoms with E-state index < -0.39 is 23.8 Å². The van der Waals surface area contributed by atoms with Gasteiger partial charge in [-0.05, 0) is 93.5 Å². The number of thiophene rings is 1. The molecular weight excluding hydrogens is 530 g/mol. The van der Waals surface area contributed by atoms with E-state index >= 15 is 0 Å². The minimum Gasteiger partial charge on any atom is -0.462 e.